The van der Waals surface area contributed by atoms with Crippen LogP contribution >= 0.6 is 0 Å². The molecule has 0 spiro atoms. The predicted molar refractivity (Wildman–Crippen MR) is 228 cm³/mol. The third kappa shape index (κ3) is 37.6. The zero-order valence-electron chi connectivity index (χ0n) is 36.5. The van der Waals surface area contributed by atoms with E-state index in [1.165, 1.54) is 135 Å². The second-order valence-electron chi connectivity index (χ2n) is 17.2. The third-order valence-corrected chi connectivity index (χ3v) is 11.0. The first-order valence-electron chi connectivity index (χ1n) is 23.5. The van der Waals surface area contributed by atoms with Gasteiger partial charge in [0, 0.05) is 19.6 Å². The van der Waals surface area contributed by atoms with E-state index in [1.54, 1.807) is 0 Å². The van der Waals surface area contributed by atoms with E-state index in [-0.39, 0.29) is 30.1 Å². The summed E-state index contributed by atoms with van der Waals surface area (Å²) in [5, 5.41) is 9.44. The normalized spacial score (nSPS) is 11.9. The van der Waals surface area contributed by atoms with Gasteiger partial charge in [-0.05, 0) is 82.7 Å². The fourth-order valence-electron chi connectivity index (χ4n) is 7.47. The highest BCUT2D eigenvalue weighted by molar-refractivity contribution is 5.70. The van der Waals surface area contributed by atoms with Crippen LogP contribution in [-0.4, -0.2) is 60.9 Å². The zero-order chi connectivity index (χ0) is 39.1. The average Bonchev–Trinajstić information content (AvgIpc) is 3.13. The van der Waals surface area contributed by atoms with E-state index in [1.807, 2.05) is 0 Å². The van der Waals surface area contributed by atoms with Crippen LogP contribution in [0.2, 0.25) is 0 Å². The summed E-state index contributed by atoms with van der Waals surface area (Å²) in [6.07, 6.45) is 38.1. The number of hydrogen-bond donors (Lipinski definition) is 1. The van der Waals surface area contributed by atoms with Gasteiger partial charge in [0.1, 0.15) is 6.10 Å². The number of unbranched alkanes of at least 4 members (excludes halogenated alkanes) is 22. The molecule has 0 aliphatic rings. The highest BCUT2D eigenvalue weighted by Crippen LogP contribution is 2.29. The molecule has 0 aromatic rings. The Morgan fingerprint density at radius 3 is 1.49 bits per heavy atom. The van der Waals surface area contributed by atoms with Gasteiger partial charge in [0.05, 0.1) is 13.0 Å². The van der Waals surface area contributed by atoms with Gasteiger partial charge in [-0.2, -0.15) is 0 Å². The van der Waals surface area contributed by atoms with Gasteiger partial charge in [-0.3, -0.25) is 9.59 Å². The van der Waals surface area contributed by atoms with Crippen molar-refractivity contribution < 1.29 is 24.2 Å². The van der Waals surface area contributed by atoms with Gasteiger partial charge < -0.3 is 19.5 Å². The Morgan fingerprint density at radius 2 is 0.962 bits per heavy atom. The third-order valence-electron chi connectivity index (χ3n) is 11.0. The molecule has 0 saturated heterocycles. The van der Waals surface area contributed by atoms with E-state index < -0.39 is 0 Å². The Hall–Kier alpha value is -1.14. The summed E-state index contributed by atoms with van der Waals surface area (Å²) < 4.78 is 11.6. The van der Waals surface area contributed by atoms with Crippen molar-refractivity contribution in [3.8, 4) is 0 Å². The van der Waals surface area contributed by atoms with E-state index in [0.29, 0.717) is 19.4 Å². The van der Waals surface area contributed by atoms with Gasteiger partial charge in [0.25, 0.3) is 0 Å². The van der Waals surface area contributed by atoms with Crippen molar-refractivity contribution >= 4 is 11.9 Å². The van der Waals surface area contributed by atoms with Crippen molar-refractivity contribution in [1.82, 2.24) is 4.90 Å². The van der Waals surface area contributed by atoms with Crippen molar-refractivity contribution in [2.24, 2.45) is 5.41 Å². The summed E-state index contributed by atoms with van der Waals surface area (Å²) in [4.78, 5) is 27.7. The van der Waals surface area contributed by atoms with Crippen LogP contribution in [0, 0.1) is 5.41 Å². The molecule has 0 saturated carbocycles. The molecule has 1 N–H and O–H groups in total. The minimum absolute atomic E-state index is 0.00544. The van der Waals surface area contributed by atoms with Crippen molar-refractivity contribution in [1.29, 1.82) is 0 Å². The first-order valence-corrected chi connectivity index (χ1v) is 23.5. The first kappa shape index (κ1) is 51.9. The lowest BCUT2D eigenvalue weighted by molar-refractivity contribution is -0.152. The SMILES string of the molecule is CCCCCCCCCOC(=O)CCCCCCCN(CCCO)CCCCCC(C)(C)CC(=O)OC(CCCCCCCC)CCCCCCCC. The average molecular weight is 752 g/mol. The maximum atomic E-state index is 13.1. The van der Waals surface area contributed by atoms with Crippen molar-refractivity contribution in [2.75, 3.05) is 32.8 Å². The molecule has 0 heterocycles. The topological polar surface area (TPSA) is 76.1 Å². The fraction of sp³-hybridized carbons (Fsp3) is 0.957. The number of carbonyl (C=O) groups excluding carboxylic acids is 2. The number of esters is 2. The Morgan fingerprint density at radius 1 is 0.528 bits per heavy atom. The van der Waals surface area contributed by atoms with E-state index in [4.69, 9.17) is 9.47 Å². The summed E-state index contributed by atoms with van der Waals surface area (Å²) in [6.45, 7) is 15.2. The summed E-state index contributed by atoms with van der Waals surface area (Å²) in [6, 6.07) is 0. The van der Waals surface area contributed by atoms with Gasteiger partial charge in [0.2, 0.25) is 0 Å². The summed E-state index contributed by atoms with van der Waals surface area (Å²) in [7, 11) is 0. The Labute approximate surface area is 331 Å². The molecule has 0 bridgehead atoms. The molecule has 53 heavy (non-hydrogen) atoms. The van der Waals surface area contributed by atoms with E-state index in [2.05, 4.69) is 39.5 Å². The van der Waals surface area contributed by atoms with Gasteiger partial charge >= 0.3 is 11.9 Å². The maximum Gasteiger partial charge on any atom is 0.306 e. The Kier molecular flexibility index (Phi) is 38.3. The van der Waals surface area contributed by atoms with E-state index in [9.17, 15) is 14.7 Å². The molecule has 0 radical (unpaired) electrons. The van der Waals surface area contributed by atoms with E-state index in [0.717, 1.165) is 83.8 Å². The summed E-state index contributed by atoms with van der Waals surface area (Å²) in [5.41, 5.74) is -0.0389. The summed E-state index contributed by atoms with van der Waals surface area (Å²) in [5.74, 6) is -0.0217. The van der Waals surface area contributed by atoms with Gasteiger partial charge in [-0.1, -0.05) is 169 Å². The lowest BCUT2D eigenvalue weighted by Crippen LogP contribution is -2.28. The van der Waals surface area contributed by atoms with Crippen LogP contribution in [0.15, 0.2) is 0 Å². The van der Waals surface area contributed by atoms with Crippen molar-refractivity contribution in [2.45, 2.75) is 253 Å². The number of carbonyl (C=O) groups is 2. The molecule has 0 amide bonds. The minimum atomic E-state index is -0.0389. The lowest BCUT2D eigenvalue weighted by atomic mass is 9.83. The van der Waals surface area contributed by atoms with Gasteiger partial charge in [0.15, 0.2) is 0 Å². The van der Waals surface area contributed by atoms with Crippen LogP contribution < -0.4 is 0 Å². The zero-order valence-corrected chi connectivity index (χ0v) is 36.5. The lowest BCUT2D eigenvalue weighted by Gasteiger charge is -2.26. The van der Waals surface area contributed by atoms with Crippen LogP contribution in [0.5, 0.6) is 0 Å². The van der Waals surface area contributed by atoms with Crippen molar-refractivity contribution in [3.63, 3.8) is 0 Å². The second-order valence-corrected chi connectivity index (χ2v) is 17.2. The molecule has 0 fully saturated rings. The van der Waals surface area contributed by atoms with Crippen LogP contribution in [0.25, 0.3) is 0 Å². The number of rotatable bonds is 42. The molecule has 316 valence electrons. The monoisotopic (exact) mass is 752 g/mol. The number of aliphatic hydroxyl groups excluding tert-OH is 1. The highest BCUT2D eigenvalue weighted by Gasteiger charge is 2.24. The number of aliphatic hydroxyl groups is 1. The molecule has 0 aliphatic carbocycles. The van der Waals surface area contributed by atoms with Gasteiger partial charge in [-0.15, -0.1) is 0 Å². The smallest absolute Gasteiger partial charge is 0.306 e. The van der Waals surface area contributed by atoms with Crippen molar-refractivity contribution in [3.05, 3.63) is 0 Å². The number of hydrogen-bond acceptors (Lipinski definition) is 6. The molecular weight excluding hydrogens is 659 g/mol. The largest absolute Gasteiger partial charge is 0.466 e. The van der Waals surface area contributed by atoms with Gasteiger partial charge in [-0.25, -0.2) is 0 Å². The minimum Gasteiger partial charge on any atom is -0.466 e. The number of ether oxygens (including phenoxy) is 2. The quantitative estimate of drug-likeness (QED) is 0.0494. The standard InChI is InChI=1S/C47H93NO5/c1-6-9-12-15-18-24-32-42-52-45(50)36-28-22-19-23-30-38-48(40-33-41-49)39-31-25-29-37-47(4,5)43-46(51)53-44(34-26-20-16-13-10-7-2)35-27-21-17-14-11-8-3/h44,49H,6-43H2,1-5H3. The predicted octanol–water partition coefficient (Wildman–Crippen LogP) is 13.7. The molecular formula is C47H93NO5. The Bertz CT molecular complexity index is 771. The van der Waals surface area contributed by atoms with Crippen LogP contribution in [0.3, 0.4) is 0 Å². The molecule has 6 nitrogen and oxygen atoms in total. The maximum absolute atomic E-state index is 13.1. The second kappa shape index (κ2) is 39.1. The highest BCUT2D eigenvalue weighted by atomic mass is 16.5. The molecule has 0 aromatic carbocycles. The Balaban J connectivity index is 4.26. The molecule has 0 aliphatic heterocycles. The fourth-order valence-corrected chi connectivity index (χ4v) is 7.47. The summed E-state index contributed by atoms with van der Waals surface area (Å²) >= 11 is 0. The molecule has 0 unspecified atom stereocenters. The van der Waals surface area contributed by atoms with E-state index >= 15 is 0 Å². The number of nitrogens with zero attached hydrogens (tertiary/aromatic N) is 1. The molecule has 0 atom stereocenters. The van der Waals surface area contributed by atoms with Crippen LogP contribution in [-0.2, 0) is 19.1 Å². The molecule has 0 rings (SSSR count). The molecule has 0 aromatic heterocycles. The molecule has 6 heteroatoms. The van der Waals surface area contributed by atoms with Crippen LogP contribution in [0.4, 0.5) is 0 Å². The first-order chi connectivity index (χ1) is 25.8. The van der Waals surface area contributed by atoms with Crippen LogP contribution in [0.1, 0.15) is 247 Å².